The summed E-state index contributed by atoms with van der Waals surface area (Å²) >= 11 is 0. The number of hydrogen-bond acceptors (Lipinski definition) is 4. The number of aromatic nitrogens is 1. The molecule has 24 heavy (non-hydrogen) atoms. The van der Waals surface area contributed by atoms with E-state index in [1.165, 1.54) is 19.4 Å². The number of ether oxygens (including phenoxy) is 1. The maximum absolute atomic E-state index is 12.3. The molecule has 1 heterocycles. The number of amides is 1. The van der Waals surface area contributed by atoms with Gasteiger partial charge >= 0.3 is 0 Å². The molecule has 122 valence electrons. The van der Waals surface area contributed by atoms with Crippen molar-refractivity contribution in [1.82, 2.24) is 9.99 Å². The highest BCUT2D eigenvalue weighted by Crippen LogP contribution is 2.25. The quantitative estimate of drug-likeness (QED) is 0.572. The Labute approximate surface area is 139 Å². The van der Waals surface area contributed by atoms with E-state index in [1.54, 1.807) is 18.3 Å². The highest BCUT2D eigenvalue weighted by Gasteiger charge is 2.12. The first-order chi connectivity index (χ1) is 11.6. The van der Waals surface area contributed by atoms with E-state index < -0.39 is 0 Å². The van der Waals surface area contributed by atoms with E-state index in [2.05, 4.69) is 10.5 Å². The van der Waals surface area contributed by atoms with Crippen LogP contribution in [0, 0.1) is 0 Å². The number of nitrogens with one attached hydrogen (secondary N) is 1. The third-order valence-electron chi connectivity index (χ3n) is 3.72. The summed E-state index contributed by atoms with van der Waals surface area (Å²) < 4.78 is 6.88. The van der Waals surface area contributed by atoms with E-state index >= 15 is 0 Å². The molecular weight excluding hydrogens is 306 g/mol. The van der Waals surface area contributed by atoms with Gasteiger partial charge in [0.25, 0.3) is 5.91 Å². The first kappa shape index (κ1) is 15.6. The molecule has 0 radical (unpaired) electrons. The molecule has 0 unspecified atom stereocenters. The van der Waals surface area contributed by atoms with Gasteiger partial charge in [-0.1, -0.05) is 18.2 Å². The lowest BCUT2D eigenvalue weighted by Gasteiger charge is -2.03. The number of carbonyl (C=O) groups is 1. The zero-order valence-electron chi connectivity index (χ0n) is 13.4. The first-order valence-electron chi connectivity index (χ1n) is 7.34. The van der Waals surface area contributed by atoms with Crippen molar-refractivity contribution in [2.24, 2.45) is 12.1 Å². The van der Waals surface area contributed by atoms with E-state index in [1.807, 2.05) is 35.9 Å². The summed E-state index contributed by atoms with van der Waals surface area (Å²) in [7, 11) is 3.37. The Kier molecular flexibility index (Phi) is 4.20. The van der Waals surface area contributed by atoms with Crippen LogP contribution in [-0.4, -0.2) is 28.9 Å². The molecule has 0 aliphatic rings. The number of phenols is 1. The van der Waals surface area contributed by atoms with Crippen molar-refractivity contribution in [2.75, 3.05) is 7.11 Å². The van der Waals surface area contributed by atoms with Crippen LogP contribution in [0.2, 0.25) is 0 Å². The highest BCUT2D eigenvalue weighted by atomic mass is 16.5. The van der Waals surface area contributed by atoms with Crippen LogP contribution in [0.3, 0.4) is 0 Å². The zero-order chi connectivity index (χ0) is 17.1. The Morgan fingerprint density at radius 2 is 2.08 bits per heavy atom. The molecule has 2 N–H and O–H groups in total. The normalized spacial score (nSPS) is 11.1. The van der Waals surface area contributed by atoms with Crippen LogP contribution in [0.4, 0.5) is 0 Å². The molecule has 6 heteroatoms. The molecule has 3 rings (SSSR count). The van der Waals surface area contributed by atoms with Crippen molar-refractivity contribution in [3.05, 3.63) is 59.8 Å². The Hall–Kier alpha value is -3.28. The van der Waals surface area contributed by atoms with Crippen LogP contribution in [-0.2, 0) is 7.05 Å². The average Bonchev–Trinajstić information content (AvgIpc) is 2.92. The van der Waals surface area contributed by atoms with Crippen molar-refractivity contribution in [3.8, 4) is 11.5 Å². The summed E-state index contributed by atoms with van der Waals surface area (Å²) in [5, 5.41) is 14.5. The molecule has 0 aliphatic heterocycles. The number of phenolic OH excluding ortho intramolecular Hbond substituents is 1. The molecule has 0 saturated heterocycles. The second-order valence-electron chi connectivity index (χ2n) is 5.30. The molecule has 0 saturated carbocycles. The largest absolute Gasteiger partial charge is 0.504 e. The number of rotatable bonds is 4. The van der Waals surface area contributed by atoms with E-state index in [0.717, 1.165) is 10.9 Å². The SMILES string of the molecule is COc1ccc(/C=N\NC(=O)c2cn(C)c3ccccc23)cc1O. The summed E-state index contributed by atoms with van der Waals surface area (Å²) in [6, 6.07) is 12.5. The second-order valence-corrected chi connectivity index (χ2v) is 5.30. The number of aromatic hydroxyl groups is 1. The second kappa shape index (κ2) is 6.45. The van der Waals surface area contributed by atoms with Gasteiger partial charge in [-0.2, -0.15) is 5.10 Å². The van der Waals surface area contributed by atoms with Crippen LogP contribution in [0.15, 0.2) is 53.8 Å². The van der Waals surface area contributed by atoms with Crippen LogP contribution in [0.1, 0.15) is 15.9 Å². The molecule has 3 aromatic rings. The van der Waals surface area contributed by atoms with Gasteiger partial charge in [0.15, 0.2) is 11.5 Å². The minimum absolute atomic E-state index is 0.0156. The maximum atomic E-state index is 12.3. The molecule has 0 aliphatic carbocycles. The molecule has 1 amide bonds. The summed E-state index contributed by atoms with van der Waals surface area (Å²) in [6.45, 7) is 0. The molecule has 6 nitrogen and oxygen atoms in total. The number of aryl methyl sites for hydroxylation is 1. The molecule has 0 spiro atoms. The van der Waals surface area contributed by atoms with Crippen molar-refractivity contribution in [2.45, 2.75) is 0 Å². The number of nitrogens with zero attached hydrogens (tertiary/aromatic N) is 2. The van der Waals surface area contributed by atoms with Gasteiger partial charge in [-0.25, -0.2) is 5.43 Å². The van der Waals surface area contributed by atoms with E-state index in [-0.39, 0.29) is 11.7 Å². The highest BCUT2D eigenvalue weighted by molar-refractivity contribution is 6.07. The standard InChI is InChI=1S/C18H17N3O3/c1-21-11-14(13-5-3-4-6-15(13)21)18(23)20-19-10-12-7-8-17(24-2)16(22)9-12/h3-11,22H,1-2H3,(H,20,23)/b19-10-. The Morgan fingerprint density at radius 1 is 1.29 bits per heavy atom. The number of benzene rings is 2. The Balaban J connectivity index is 1.76. The smallest absolute Gasteiger partial charge is 0.273 e. The van der Waals surface area contributed by atoms with Crippen LogP contribution in [0.5, 0.6) is 11.5 Å². The van der Waals surface area contributed by atoms with Gasteiger partial charge in [0.1, 0.15) is 0 Å². The topological polar surface area (TPSA) is 75.8 Å². The monoisotopic (exact) mass is 323 g/mol. The minimum Gasteiger partial charge on any atom is -0.504 e. The van der Waals surface area contributed by atoms with Crippen LogP contribution >= 0.6 is 0 Å². The summed E-state index contributed by atoms with van der Waals surface area (Å²) in [6.07, 6.45) is 3.23. The fourth-order valence-corrected chi connectivity index (χ4v) is 2.54. The summed E-state index contributed by atoms with van der Waals surface area (Å²) in [5.41, 5.74) is 4.69. The zero-order valence-corrected chi connectivity index (χ0v) is 13.4. The fraction of sp³-hybridized carbons (Fsp3) is 0.111. The minimum atomic E-state index is -0.291. The van der Waals surface area contributed by atoms with E-state index in [4.69, 9.17) is 4.74 Å². The number of para-hydroxylation sites is 1. The van der Waals surface area contributed by atoms with E-state index in [9.17, 15) is 9.90 Å². The Morgan fingerprint density at radius 3 is 2.83 bits per heavy atom. The van der Waals surface area contributed by atoms with Crippen LogP contribution in [0.25, 0.3) is 10.9 Å². The molecule has 0 fully saturated rings. The number of hydrogen-bond donors (Lipinski definition) is 2. The Bertz CT molecular complexity index is 928. The van der Waals surface area contributed by atoms with Crippen LogP contribution < -0.4 is 10.2 Å². The van der Waals surface area contributed by atoms with Gasteiger partial charge in [-0.05, 0) is 29.8 Å². The lowest BCUT2D eigenvalue weighted by Crippen LogP contribution is -2.17. The van der Waals surface area contributed by atoms with Crippen molar-refractivity contribution in [3.63, 3.8) is 0 Å². The third kappa shape index (κ3) is 2.94. The van der Waals surface area contributed by atoms with E-state index in [0.29, 0.717) is 16.9 Å². The van der Waals surface area contributed by atoms with Gasteiger partial charge in [-0.3, -0.25) is 4.79 Å². The van der Waals surface area contributed by atoms with Gasteiger partial charge < -0.3 is 14.4 Å². The number of methoxy groups -OCH3 is 1. The number of fused-ring (bicyclic) bond motifs is 1. The maximum Gasteiger partial charge on any atom is 0.273 e. The van der Waals surface area contributed by atoms with Gasteiger partial charge in [0, 0.05) is 24.1 Å². The predicted molar refractivity (Wildman–Crippen MR) is 92.6 cm³/mol. The number of hydrazone groups is 1. The number of carbonyl (C=O) groups excluding carboxylic acids is 1. The fourth-order valence-electron chi connectivity index (χ4n) is 2.54. The molecule has 1 aromatic heterocycles. The molecular formula is C18H17N3O3. The average molecular weight is 323 g/mol. The van der Waals surface area contributed by atoms with Crippen molar-refractivity contribution >= 4 is 23.0 Å². The van der Waals surface area contributed by atoms with Gasteiger partial charge in [0.2, 0.25) is 0 Å². The lowest BCUT2D eigenvalue weighted by molar-refractivity contribution is 0.0956. The summed E-state index contributed by atoms with van der Waals surface area (Å²) in [5.74, 6) is 0.106. The summed E-state index contributed by atoms with van der Waals surface area (Å²) in [4.78, 5) is 12.3. The van der Waals surface area contributed by atoms with Gasteiger partial charge in [-0.15, -0.1) is 0 Å². The van der Waals surface area contributed by atoms with Gasteiger partial charge in [0.05, 0.1) is 18.9 Å². The predicted octanol–water partition coefficient (Wildman–Crippen LogP) is 2.66. The molecule has 0 bridgehead atoms. The first-order valence-corrected chi connectivity index (χ1v) is 7.34. The third-order valence-corrected chi connectivity index (χ3v) is 3.72. The van der Waals surface area contributed by atoms with Crippen molar-refractivity contribution < 1.29 is 14.6 Å². The molecule has 2 aromatic carbocycles. The molecule has 0 atom stereocenters. The lowest BCUT2D eigenvalue weighted by atomic mass is 10.2. The van der Waals surface area contributed by atoms with Crippen molar-refractivity contribution in [1.29, 1.82) is 0 Å².